The smallest absolute Gasteiger partial charge is 0.410 e. The second-order valence-electron chi connectivity index (χ2n) is 15.2. The molecule has 3 amide bonds. The van der Waals surface area contributed by atoms with E-state index in [1.807, 2.05) is 27.7 Å². The maximum Gasteiger partial charge on any atom is 0.410 e. The Hall–Kier alpha value is -4.61. The van der Waals surface area contributed by atoms with Crippen molar-refractivity contribution >= 4 is 41.0 Å². The number of amides is 3. The normalized spacial score (nSPS) is 18.2. The highest BCUT2D eigenvalue weighted by molar-refractivity contribution is 6.04. The number of aromatic nitrogens is 2. The molecule has 1 atom stereocenters. The Morgan fingerprint density at radius 1 is 1.09 bits per heavy atom. The number of likely N-dealkylation sites (tertiary alicyclic amines) is 1. The third-order valence-corrected chi connectivity index (χ3v) is 10.3. The maximum atomic E-state index is 13.3. The highest BCUT2D eigenvalue weighted by Gasteiger charge is 2.41. The van der Waals surface area contributed by atoms with Crippen LogP contribution in [0.4, 0.5) is 27.9 Å². The molecule has 0 radical (unpaired) electrons. The number of piperidine rings is 1. The summed E-state index contributed by atoms with van der Waals surface area (Å²) in [5, 5.41) is 6.48. The van der Waals surface area contributed by atoms with Gasteiger partial charge in [0.15, 0.2) is 5.82 Å². The standard InChI is InChI=1S/C40H58N8O6/c1-8-10-19-47(39(51)54-40(3,4)5)23-25-53-24-22-46-20-17-29(18-21-46)42-36(49)28-15-16-31(34(26-28)52-7)43-38-41-27-33-35(44-38)48(30-13-11-12-14-30)32(9-2)37(50)45(33)6/h1,15-16,26-27,29-30,32H,9-14,17-25H2,2-7H3,(H,42,49)(H,41,43,44)/t32-/m1/s1. The summed E-state index contributed by atoms with van der Waals surface area (Å²) < 4.78 is 17.1. The van der Waals surface area contributed by atoms with E-state index >= 15 is 0 Å². The fraction of sp³-hybridized carbons (Fsp3) is 0.625. The van der Waals surface area contributed by atoms with Gasteiger partial charge in [0.05, 0.1) is 32.2 Å². The van der Waals surface area contributed by atoms with Crippen molar-refractivity contribution in [3.05, 3.63) is 30.0 Å². The summed E-state index contributed by atoms with van der Waals surface area (Å²) in [4.78, 5) is 56.4. The van der Waals surface area contributed by atoms with Gasteiger partial charge in [0.25, 0.3) is 5.91 Å². The Kier molecular flexibility index (Phi) is 14.0. The van der Waals surface area contributed by atoms with E-state index in [9.17, 15) is 14.4 Å². The van der Waals surface area contributed by atoms with Crippen LogP contribution in [-0.4, -0.2) is 121 Å². The van der Waals surface area contributed by atoms with Crippen molar-refractivity contribution in [2.45, 2.75) is 103 Å². The monoisotopic (exact) mass is 746 g/mol. The Morgan fingerprint density at radius 3 is 2.50 bits per heavy atom. The lowest BCUT2D eigenvalue weighted by Crippen LogP contribution is -2.55. The number of fused-ring (bicyclic) bond motifs is 1. The predicted molar refractivity (Wildman–Crippen MR) is 210 cm³/mol. The quantitative estimate of drug-likeness (QED) is 0.184. The lowest BCUT2D eigenvalue weighted by molar-refractivity contribution is -0.120. The fourth-order valence-corrected chi connectivity index (χ4v) is 7.36. The number of rotatable bonds is 15. The molecule has 1 aromatic heterocycles. The van der Waals surface area contributed by atoms with Crippen molar-refractivity contribution in [1.29, 1.82) is 0 Å². The van der Waals surface area contributed by atoms with Crippen LogP contribution in [0.5, 0.6) is 5.75 Å². The van der Waals surface area contributed by atoms with Crippen LogP contribution in [0.2, 0.25) is 0 Å². The largest absolute Gasteiger partial charge is 0.495 e. The number of likely N-dealkylation sites (N-methyl/N-ethyl adjacent to an activating group) is 1. The van der Waals surface area contributed by atoms with Crippen LogP contribution in [0.1, 0.15) is 89.4 Å². The van der Waals surface area contributed by atoms with E-state index in [1.54, 1.807) is 48.4 Å². The molecule has 2 fully saturated rings. The molecule has 0 unspecified atom stereocenters. The van der Waals surface area contributed by atoms with Crippen molar-refractivity contribution in [3.63, 3.8) is 0 Å². The van der Waals surface area contributed by atoms with Crippen LogP contribution in [0.3, 0.4) is 0 Å². The van der Waals surface area contributed by atoms with Crippen molar-refractivity contribution in [2.75, 3.05) is 75.2 Å². The van der Waals surface area contributed by atoms with Gasteiger partial charge in [-0.25, -0.2) is 9.78 Å². The number of hydrogen-bond donors (Lipinski definition) is 2. The molecule has 1 aliphatic carbocycles. The molecular formula is C40H58N8O6. The molecule has 5 rings (SSSR count). The second kappa shape index (κ2) is 18.6. The van der Waals surface area contributed by atoms with Crippen molar-refractivity contribution < 1.29 is 28.6 Å². The number of ether oxygens (including phenoxy) is 3. The first-order chi connectivity index (χ1) is 25.9. The van der Waals surface area contributed by atoms with Gasteiger partial charge in [0.2, 0.25) is 11.9 Å². The molecule has 3 aliphatic rings. The van der Waals surface area contributed by atoms with Crippen LogP contribution in [0.15, 0.2) is 24.4 Å². The number of nitrogens with one attached hydrogen (secondary N) is 2. The molecule has 0 spiro atoms. The van der Waals surface area contributed by atoms with Gasteiger partial charge in [0.1, 0.15) is 23.1 Å². The van der Waals surface area contributed by atoms with E-state index < -0.39 is 5.60 Å². The molecule has 2 N–H and O–H groups in total. The van der Waals surface area contributed by atoms with Gasteiger partial charge in [-0.15, -0.1) is 12.3 Å². The summed E-state index contributed by atoms with van der Waals surface area (Å²) >= 11 is 0. The first kappa shape index (κ1) is 40.6. The molecule has 2 aromatic rings. The number of terminal acetylenes is 1. The van der Waals surface area contributed by atoms with Crippen LogP contribution in [0, 0.1) is 12.3 Å². The SMILES string of the molecule is C#CCCN(CCOCCN1CCC(NC(=O)c2ccc(Nc3ncc4c(n3)N(C3CCCC3)[C@H](CC)C(=O)N4C)c(OC)c2)CC1)C(=O)OC(C)(C)C. The molecule has 1 aromatic carbocycles. The number of carbonyl (C=O) groups excluding carboxylic acids is 3. The van der Waals surface area contributed by atoms with Crippen LogP contribution in [-0.2, 0) is 14.3 Å². The van der Waals surface area contributed by atoms with Gasteiger partial charge in [0, 0.05) is 63.8 Å². The summed E-state index contributed by atoms with van der Waals surface area (Å²) in [5.74, 6) is 4.14. The van der Waals surface area contributed by atoms with E-state index in [4.69, 9.17) is 25.6 Å². The molecule has 294 valence electrons. The van der Waals surface area contributed by atoms with E-state index in [2.05, 4.69) is 31.3 Å². The lowest BCUT2D eigenvalue weighted by atomic mass is 10.0. The predicted octanol–water partition coefficient (Wildman–Crippen LogP) is 5.20. The first-order valence-electron chi connectivity index (χ1n) is 19.3. The molecule has 1 saturated heterocycles. The minimum atomic E-state index is -0.578. The van der Waals surface area contributed by atoms with Gasteiger partial charge in [-0.1, -0.05) is 19.8 Å². The average molecular weight is 747 g/mol. The molecule has 2 aliphatic heterocycles. The number of methoxy groups -OCH3 is 1. The van der Waals surface area contributed by atoms with Crippen molar-refractivity contribution in [2.24, 2.45) is 0 Å². The zero-order valence-corrected chi connectivity index (χ0v) is 32.9. The van der Waals surface area contributed by atoms with E-state index in [0.717, 1.165) is 64.0 Å². The van der Waals surface area contributed by atoms with Crippen LogP contribution < -0.4 is 25.2 Å². The van der Waals surface area contributed by atoms with Gasteiger partial charge < -0.3 is 44.4 Å². The summed E-state index contributed by atoms with van der Waals surface area (Å²) in [6, 6.07) is 5.37. The molecular weight excluding hydrogens is 688 g/mol. The summed E-state index contributed by atoms with van der Waals surface area (Å²) in [6.07, 6.45) is 13.9. The Morgan fingerprint density at radius 2 is 1.83 bits per heavy atom. The average Bonchev–Trinajstić information content (AvgIpc) is 3.68. The Labute approximate surface area is 320 Å². The van der Waals surface area contributed by atoms with Crippen molar-refractivity contribution in [3.8, 4) is 18.1 Å². The number of carbonyl (C=O) groups is 3. The first-order valence-corrected chi connectivity index (χ1v) is 19.3. The lowest BCUT2D eigenvalue weighted by Gasteiger charge is -2.43. The van der Waals surface area contributed by atoms with E-state index in [1.165, 1.54) is 0 Å². The molecule has 14 heteroatoms. The van der Waals surface area contributed by atoms with Crippen LogP contribution in [0.25, 0.3) is 0 Å². The number of benzene rings is 1. The highest BCUT2D eigenvalue weighted by Crippen LogP contribution is 2.40. The molecule has 0 bridgehead atoms. The number of hydrogen-bond acceptors (Lipinski definition) is 11. The highest BCUT2D eigenvalue weighted by atomic mass is 16.6. The van der Waals surface area contributed by atoms with E-state index in [0.29, 0.717) is 67.8 Å². The number of anilines is 4. The molecule has 3 heterocycles. The zero-order chi connectivity index (χ0) is 38.8. The summed E-state index contributed by atoms with van der Waals surface area (Å²) in [7, 11) is 3.36. The minimum Gasteiger partial charge on any atom is -0.495 e. The van der Waals surface area contributed by atoms with Gasteiger partial charge in [-0.3, -0.25) is 9.59 Å². The third-order valence-electron chi connectivity index (χ3n) is 10.3. The molecule has 54 heavy (non-hydrogen) atoms. The van der Waals surface area contributed by atoms with Gasteiger partial charge >= 0.3 is 6.09 Å². The van der Waals surface area contributed by atoms with Gasteiger partial charge in [-0.2, -0.15) is 4.98 Å². The zero-order valence-electron chi connectivity index (χ0n) is 32.9. The van der Waals surface area contributed by atoms with Crippen LogP contribution >= 0.6 is 0 Å². The molecule has 14 nitrogen and oxygen atoms in total. The Bertz CT molecular complexity index is 1640. The maximum absolute atomic E-state index is 13.3. The van der Waals surface area contributed by atoms with Crippen molar-refractivity contribution in [1.82, 2.24) is 25.1 Å². The third kappa shape index (κ3) is 10.3. The topological polar surface area (TPSA) is 142 Å². The summed E-state index contributed by atoms with van der Waals surface area (Å²) in [5.41, 5.74) is 1.26. The van der Waals surface area contributed by atoms with E-state index in [-0.39, 0.29) is 36.0 Å². The Balaban J connectivity index is 1.10. The minimum absolute atomic E-state index is 0.0562. The second-order valence-corrected chi connectivity index (χ2v) is 15.2. The number of nitrogens with zero attached hydrogens (tertiary/aromatic N) is 6. The fourth-order valence-electron chi connectivity index (χ4n) is 7.36. The molecule has 1 saturated carbocycles. The summed E-state index contributed by atoms with van der Waals surface area (Å²) in [6.45, 7) is 11.8. The van der Waals surface area contributed by atoms with Gasteiger partial charge in [-0.05, 0) is 71.1 Å².